The molecule has 0 radical (unpaired) electrons. The summed E-state index contributed by atoms with van der Waals surface area (Å²) in [5, 5.41) is 11.7. The van der Waals surface area contributed by atoms with Gasteiger partial charge in [-0.3, -0.25) is 9.59 Å². The van der Waals surface area contributed by atoms with E-state index in [1.54, 1.807) is 0 Å². The molecule has 0 heterocycles. The van der Waals surface area contributed by atoms with E-state index in [-0.39, 0.29) is 5.92 Å². The smallest absolute Gasteiger partial charge is 0.306 e. The number of amides is 1. The molecule has 2 N–H and O–H groups in total. The number of carboxylic acids is 1. The lowest BCUT2D eigenvalue weighted by Crippen LogP contribution is -2.30. The molecule has 5 nitrogen and oxygen atoms in total. The van der Waals surface area contributed by atoms with Crippen molar-refractivity contribution in [2.75, 3.05) is 23.8 Å². The summed E-state index contributed by atoms with van der Waals surface area (Å²) < 4.78 is 0. The Morgan fingerprint density at radius 3 is 2.43 bits per heavy atom. The first-order chi connectivity index (χ1) is 11.1. The van der Waals surface area contributed by atoms with Crippen LogP contribution >= 0.6 is 0 Å². The third-order valence-corrected chi connectivity index (χ3v) is 4.26. The van der Waals surface area contributed by atoms with Crippen LogP contribution in [-0.4, -0.2) is 31.1 Å². The van der Waals surface area contributed by atoms with Crippen molar-refractivity contribution >= 4 is 23.8 Å². The summed E-state index contributed by atoms with van der Waals surface area (Å²) in [7, 11) is 2.01. The predicted molar refractivity (Wildman–Crippen MR) is 93.8 cm³/mol. The highest BCUT2D eigenvalue weighted by Crippen LogP contribution is 2.31. The summed E-state index contributed by atoms with van der Waals surface area (Å²) in [5.74, 6) is -0.326. The van der Waals surface area contributed by atoms with Gasteiger partial charge in [-0.25, -0.2) is 0 Å². The van der Waals surface area contributed by atoms with Gasteiger partial charge in [0.15, 0.2) is 0 Å². The van der Waals surface area contributed by atoms with Gasteiger partial charge in [-0.1, -0.05) is 26.0 Å². The molecule has 1 aliphatic rings. The first-order valence-electron chi connectivity index (χ1n) is 8.35. The van der Waals surface area contributed by atoms with Crippen molar-refractivity contribution in [1.29, 1.82) is 0 Å². The van der Waals surface area contributed by atoms with Gasteiger partial charge in [0, 0.05) is 13.6 Å². The first-order valence-corrected chi connectivity index (χ1v) is 8.35. The standard InChI is InChI=1S/C16H22N2O3.C2H6/c1-18(15-5-3-2-4-14(15)17-11-19)10-12-6-8-13(9-7-12)16(20)21;1-2/h2-5,11-13H,6-10H2,1H3,(H,17,19)(H,20,21);1-2H3. The van der Waals surface area contributed by atoms with Crippen LogP contribution in [0.2, 0.25) is 0 Å². The number of nitrogens with one attached hydrogen (secondary N) is 1. The molecule has 1 amide bonds. The molecule has 1 fully saturated rings. The Morgan fingerprint density at radius 2 is 1.87 bits per heavy atom. The average Bonchev–Trinajstić information content (AvgIpc) is 2.58. The molecule has 0 spiro atoms. The lowest BCUT2D eigenvalue weighted by atomic mass is 9.82. The fourth-order valence-corrected chi connectivity index (χ4v) is 3.07. The molecule has 1 aromatic rings. The number of hydrogen-bond acceptors (Lipinski definition) is 3. The topological polar surface area (TPSA) is 69.6 Å². The normalized spacial score (nSPS) is 20.0. The van der Waals surface area contributed by atoms with Crippen LogP contribution in [0.3, 0.4) is 0 Å². The van der Waals surface area contributed by atoms with Gasteiger partial charge in [0.05, 0.1) is 17.3 Å². The fourth-order valence-electron chi connectivity index (χ4n) is 3.07. The molecule has 0 atom stereocenters. The van der Waals surface area contributed by atoms with E-state index in [1.165, 1.54) is 0 Å². The molecule has 0 aromatic heterocycles. The molecule has 1 aromatic carbocycles. The van der Waals surface area contributed by atoms with Crippen LogP contribution in [0.25, 0.3) is 0 Å². The molecule has 5 heteroatoms. The van der Waals surface area contributed by atoms with E-state index in [2.05, 4.69) is 10.2 Å². The van der Waals surface area contributed by atoms with Gasteiger partial charge < -0.3 is 15.3 Å². The van der Waals surface area contributed by atoms with Crippen molar-refractivity contribution in [3.63, 3.8) is 0 Å². The van der Waals surface area contributed by atoms with Gasteiger partial charge in [0.1, 0.15) is 0 Å². The minimum absolute atomic E-state index is 0.171. The summed E-state index contributed by atoms with van der Waals surface area (Å²) in [6.45, 7) is 4.88. The second-order valence-electron chi connectivity index (χ2n) is 5.72. The summed E-state index contributed by atoms with van der Waals surface area (Å²) in [6.07, 6.45) is 4.12. The van der Waals surface area contributed by atoms with Crippen LogP contribution in [0.1, 0.15) is 39.5 Å². The Morgan fingerprint density at radius 1 is 1.26 bits per heavy atom. The number of para-hydroxylation sites is 2. The molecular weight excluding hydrogens is 292 g/mol. The third kappa shape index (κ3) is 5.58. The van der Waals surface area contributed by atoms with Crippen molar-refractivity contribution in [3.05, 3.63) is 24.3 Å². The van der Waals surface area contributed by atoms with Gasteiger partial charge in [-0.15, -0.1) is 0 Å². The lowest BCUT2D eigenvalue weighted by Gasteiger charge is -2.31. The molecule has 23 heavy (non-hydrogen) atoms. The zero-order valence-corrected chi connectivity index (χ0v) is 14.3. The van der Waals surface area contributed by atoms with Gasteiger partial charge in [-0.05, 0) is 43.7 Å². The minimum Gasteiger partial charge on any atom is -0.481 e. The highest BCUT2D eigenvalue weighted by molar-refractivity contribution is 5.81. The molecule has 1 aliphatic carbocycles. The van der Waals surface area contributed by atoms with Crippen LogP contribution < -0.4 is 10.2 Å². The largest absolute Gasteiger partial charge is 0.481 e. The SMILES string of the molecule is CC.CN(CC1CCC(C(=O)O)CC1)c1ccccc1NC=O. The molecule has 0 bridgehead atoms. The minimum atomic E-state index is -0.665. The number of hydrogen-bond donors (Lipinski definition) is 2. The molecule has 0 aliphatic heterocycles. The summed E-state index contributed by atoms with van der Waals surface area (Å²) in [6, 6.07) is 7.70. The number of carbonyl (C=O) groups excluding carboxylic acids is 1. The predicted octanol–water partition coefficient (Wildman–Crippen LogP) is 3.61. The number of rotatable bonds is 6. The third-order valence-electron chi connectivity index (χ3n) is 4.26. The van der Waals surface area contributed by atoms with Crippen molar-refractivity contribution in [2.24, 2.45) is 11.8 Å². The van der Waals surface area contributed by atoms with Gasteiger partial charge in [-0.2, -0.15) is 0 Å². The first kappa shape index (κ1) is 19.0. The molecule has 2 rings (SSSR count). The van der Waals surface area contributed by atoms with E-state index in [0.717, 1.165) is 43.6 Å². The number of aliphatic carboxylic acids is 1. The molecule has 1 saturated carbocycles. The van der Waals surface area contributed by atoms with E-state index >= 15 is 0 Å². The maximum atomic E-state index is 11.0. The molecule has 0 saturated heterocycles. The zero-order valence-electron chi connectivity index (χ0n) is 14.3. The fraction of sp³-hybridized carbons (Fsp3) is 0.556. The molecule has 0 unspecified atom stereocenters. The van der Waals surface area contributed by atoms with E-state index < -0.39 is 5.97 Å². The van der Waals surface area contributed by atoms with Crippen LogP contribution in [0, 0.1) is 11.8 Å². The summed E-state index contributed by atoms with van der Waals surface area (Å²) >= 11 is 0. The Bertz CT molecular complexity index is 497. The van der Waals surface area contributed by atoms with Gasteiger partial charge in [0.2, 0.25) is 6.41 Å². The summed E-state index contributed by atoms with van der Waals surface area (Å²) in [4.78, 5) is 23.8. The zero-order chi connectivity index (χ0) is 17.2. The Balaban J connectivity index is 0.00000127. The Kier molecular flexibility index (Phi) is 8.16. The Hall–Kier alpha value is -2.04. The monoisotopic (exact) mass is 320 g/mol. The van der Waals surface area contributed by atoms with E-state index in [9.17, 15) is 9.59 Å². The highest BCUT2D eigenvalue weighted by Gasteiger charge is 2.26. The average molecular weight is 320 g/mol. The number of benzene rings is 1. The van der Waals surface area contributed by atoms with Crippen molar-refractivity contribution in [3.8, 4) is 0 Å². The number of nitrogens with zero attached hydrogens (tertiary/aromatic N) is 1. The second-order valence-corrected chi connectivity index (χ2v) is 5.72. The van der Waals surface area contributed by atoms with Crippen molar-refractivity contribution in [1.82, 2.24) is 0 Å². The highest BCUT2D eigenvalue weighted by atomic mass is 16.4. The summed E-state index contributed by atoms with van der Waals surface area (Å²) in [5.41, 5.74) is 1.79. The van der Waals surface area contributed by atoms with Gasteiger partial charge in [0.25, 0.3) is 0 Å². The van der Waals surface area contributed by atoms with Gasteiger partial charge >= 0.3 is 5.97 Å². The Labute approximate surface area is 138 Å². The van der Waals surface area contributed by atoms with E-state index in [0.29, 0.717) is 12.3 Å². The second kappa shape index (κ2) is 9.87. The van der Waals surface area contributed by atoms with Crippen molar-refractivity contribution in [2.45, 2.75) is 39.5 Å². The molecule has 128 valence electrons. The maximum Gasteiger partial charge on any atom is 0.306 e. The number of carboxylic acid groups (broad SMARTS) is 1. The van der Waals surface area contributed by atoms with E-state index in [4.69, 9.17) is 5.11 Å². The quantitative estimate of drug-likeness (QED) is 0.786. The van der Waals surface area contributed by atoms with Crippen LogP contribution in [0.15, 0.2) is 24.3 Å². The number of carbonyl (C=O) groups is 2. The molecular formula is C18H28N2O3. The van der Waals surface area contributed by atoms with E-state index in [1.807, 2.05) is 45.2 Å². The maximum absolute atomic E-state index is 11.0. The van der Waals surface area contributed by atoms with Crippen LogP contribution in [-0.2, 0) is 9.59 Å². The van der Waals surface area contributed by atoms with Crippen LogP contribution in [0.5, 0.6) is 0 Å². The number of anilines is 2. The van der Waals surface area contributed by atoms with Crippen LogP contribution in [0.4, 0.5) is 11.4 Å². The van der Waals surface area contributed by atoms with Crippen molar-refractivity contribution < 1.29 is 14.7 Å². The lowest BCUT2D eigenvalue weighted by molar-refractivity contribution is -0.143.